The first-order chi connectivity index (χ1) is 7.74. The first-order valence-corrected chi connectivity index (χ1v) is 7.04. The van der Waals surface area contributed by atoms with E-state index in [-0.39, 0.29) is 0 Å². The van der Waals surface area contributed by atoms with Crippen molar-refractivity contribution in [2.24, 2.45) is 0 Å². The molecule has 2 atom stereocenters. The predicted octanol–water partition coefficient (Wildman–Crippen LogP) is 1.32. The summed E-state index contributed by atoms with van der Waals surface area (Å²) in [6.07, 6.45) is 2.04. The minimum atomic E-state index is -0.982. The van der Waals surface area contributed by atoms with Gasteiger partial charge in [0.1, 0.15) is 17.1 Å². The van der Waals surface area contributed by atoms with E-state index >= 15 is 0 Å². The Labute approximate surface area is 100 Å². The normalized spacial score (nSPS) is 20.5. The Hall–Kier alpha value is -0.910. The second kappa shape index (κ2) is 4.95. The lowest BCUT2D eigenvalue weighted by atomic mass is 10.2. The van der Waals surface area contributed by atoms with E-state index in [0.29, 0.717) is 11.3 Å². The van der Waals surface area contributed by atoms with Crippen molar-refractivity contribution in [1.82, 2.24) is 0 Å². The molecular formula is C11H13N2OPS. The monoisotopic (exact) mass is 252 g/mol. The Morgan fingerprint density at radius 3 is 2.94 bits per heavy atom. The quantitative estimate of drug-likeness (QED) is 0.708. The lowest BCUT2D eigenvalue weighted by Crippen LogP contribution is -2.35. The molecule has 0 saturated carbocycles. The third-order valence-electron chi connectivity index (χ3n) is 2.61. The largest absolute Gasteiger partial charge is 0.290 e. The smallest absolute Gasteiger partial charge is 0.119 e. The molecule has 0 amide bonds. The summed E-state index contributed by atoms with van der Waals surface area (Å²) < 4.78 is 13.8. The molecular weight excluding hydrogens is 239 g/mol. The molecule has 3 nitrogen and oxygen atoms in total. The van der Waals surface area contributed by atoms with Crippen molar-refractivity contribution in [2.45, 2.75) is 12.8 Å². The highest BCUT2D eigenvalue weighted by Gasteiger charge is 2.22. The maximum absolute atomic E-state index is 11.9. The summed E-state index contributed by atoms with van der Waals surface area (Å²) in [5.74, 6) is 0.698. The molecule has 84 valence electrons. The third kappa shape index (κ3) is 2.11. The van der Waals surface area contributed by atoms with Gasteiger partial charge in [-0.05, 0) is 24.2 Å². The van der Waals surface area contributed by atoms with E-state index in [4.69, 9.17) is 5.26 Å². The molecule has 0 bridgehead atoms. The fourth-order valence-electron chi connectivity index (χ4n) is 1.84. The van der Waals surface area contributed by atoms with Gasteiger partial charge >= 0.3 is 0 Å². The van der Waals surface area contributed by atoms with Crippen LogP contribution >= 0.6 is 9.24 Å². The lowest BCUT2D eigenvalue weighted by molar-refractivity contribution is 0.660. The van der Waals surface area contributed by atoms with E-state index in [1.807, 2.05) is 16.4 Å². The van der Waals surface area contributed by atoms with E-state index in [2.05, 4.69) is 15.3 Å². The highest BCUT2D eigenvalue weighted by Crippen LogP contribution is 2.24. The van der Waals surface area contributed by atoms with Crippen LogP contribution in [0, 0.1) is 11.3 Å². The molecule has 1 aliphatic rings. The van der Waals surface area contributed by atoms with Crippen molar-refractivity contribution >= 4 is 31.2 Å². The molecule has 1 fully saturated rings. The van der Waals surface area contributed by atoms with Gasteiger partial charge in [0.15, 0.2) is 0 Å². The zero-order valence-corrected chi connectivity index (χ0v) is 10.8. The fraction of sp³-hybridized carbons (Fsp3) is 0.364. The van der Waals surface area contributed by atoms with Crippen molar-refractivity contribution in [3.05, 3.63) is 23.8 Å². The number of para-hydroxylation sites is 1. The van der Waals surface area contributed by atoms with Crippen molar-refractivity contribution in [3.8, 4) is 6.07 Å². The van der Waals surface area contributed by atoms with Gasteiger partial charge in [-0.25, -0.2) is 4.21 Å². The topological polar surface area (TPSA) is 44.1 Å². The van der Waals surface area contributed by atoms with Gasteiger partial charge in [-0.2, -0.15) is 5.26 Å². The highest BCUT2D eigenvalue weighted by molar-refractivity contribution is 7.86. The van der Waals surface area contributed by atoms with Crippen LogP contribution in [0.5, 0.6) is 0 Å². The van der Waals surface area contributed by atoms with Crippen molar-refractivity contribution in [1.29, 1.82) is 5.26 Å². The van der Waals surface area contributed by atoms with E-state index in [0.717, 1.165) is 30.4 Å². The van der Waals surface area contributed by atoms with Crippen molar-refractivity contribution < 1.29 is 4.21 Å². The van der Waals surface area contributed by atoms with Crippen LogP contribution in [0.4, 0.5) is 5.69 Å². The average molecular weight is 252 g/mol. The second-order valence-corrected chi connectivity index (χ2v) is 5.80. The number of hydrogen-bond donors (Lipinski definition) is 0. The molecule has 0 aliphatic carbocycles. The third-order valence-corrected chi connectivity index (χ3v) is 4.57. The molecule has 1 aliphatic heterocycles. The summed E-state index contributed by atoms with van der Waals surface area (Å²) in [6, 6.07) is 7.71. The molecule has 1 heterocycles. The van der Waals surface area contributed by atoms with Crippen LogP contribution in [-0.4, -0.2) is 16.5 Å². The van der Waals surface area contributed by atoms with E-state index in [1.165, 1.54) is 0 Å². The molecule has 16 heavy (non-hydrogen) atoms. The first-order valence-electron chi connectivity index (χ1n) is 5.18. The number of nitrogens with zero attached hydrogens (tertiary/aromatic N) is 2. The van der Waals surface area contributed by atoms with Gasteiger partial charge in [-0.15, -0.1) is 9.24 Å². The molecule has 2 unspecified atom stereocenters. The van der Waals surface area contributed by atoms with Crippen molar-refractivity contribution in [2.75, 3.05) is 16.6 Å². The minimum absolute atomic E-state index is 0.600. The van der Waals surface area contributed by atoms with Gasteiger partial charge in [0.2, 0.25) is 0 Å². The Morgan fingerprint density at radius 2 is 2.25 bits per heavy atom. The number of rotatable bonds is 1. The van der Waals surface area contributed by atoms with Gasteiger partial charge in [-0.1, -0.05) is 12.1 Å². The van der Waals surface area contributed by atoms with Gasteiger partial charge in [0.05, 0.1) is 11.3 Å². The van der Waals surface area contributed by atoms with E-state index < -0.39 is 11.0 Å². The second-order valence-electron chi connectivity index (χ2n) is 3.69. The molecule has 0 radical (unpaired) electrons. The predicted molar refractivity (Wildman–Crippen MR) is 70.1 cm³/mol. The summed E-state index contributed by atoms with van der Waals surface area (Å²) in [4.78, 5) is 0. The summed E-state index contributed by atoms with van der Waals surface area (Å²) in [6.45, 7) is 0.771. The summed E-state index contributed by atoms with van der Waals surface area (Å²) in [5.41, 5.74) is 1.41. The average Bonchev–Trinajstić information content (AvgIpc) is 2.30. The maximum atomic E-state index is 11.9. The molecule has 5 heteroatoms. The van der Waals surface area contributed by atoms with Gasteiger partial charge < -0.3 is 0 Å². The molecule has 0 spiro atoms. The van der Waals surface area contributed by atoms with Crippen molar-refractivity contribution in [3.63, 3.8) is 0 Å². The Balaban J connectivity index is 2.46. The Kier molecular flexibility index (Phi) is 3.58. The summed E-state index contributed by atoms with van der Waals surface area (Å²) >= 11 is 0. The first kappa shape index (κ1) is 11.6. The zero-order valence-electron chi connectivity index (χ0n) is 8.85. The fourth-order valence-corrected chi connectivity index (χ4v) is 3.76. The Bertz CT molecular complexity index is 470. The van der Waals surface area contributed by atoms with Gasteiger partial charge in [0.25, 0.3) is 0 Å². The van der Waals surface area contributed by atoms with Crippen LogP contribution in [0.1, 0.15) is 18.4 Å². The molecule has 1 saturated heterocycles. The SMILES string of the molecule is N#Cc1cccc(P)c1N1CCCCS1=O. The molecule has 2 rings (SSSR count). The number of nitriles is 1. The van der Waals surface area contributed by atoms with Crippen LogP contribution in [0.15, 0.2) is 18.2 Å². The number of anilines is 1. The van der Waals surface area contributed by atoms with E-state index in [1.54, 1.807) is 6.07 Å². The standard InChI is InChI=1S/C11H13N2OPS/c12-8-9-4-3-5-10(15)11(9)13-6-1-2-7-16(13)14/h3-5H,1-2,6-7,15H2. The number of benzene rings is 1. The number of hydrogen-bond acceptors (Lipinski definition) is 2. The molecule has 1 aromatic carbocycles. The minimum Gasteiger partial charge on any atom is -0.290 e. The maximum Gasteiger partial charge on any atom is 0.119 e. The zero-order chi connectivity index (χ0) is 11.5. The molecule has 0 aromatic heterocycles. The van der Waals surface area contributed by atoms with Crippen LogP contribution in [0.3, 0.4) is 0 Å². The summed E-state index contributed by atoms with van der Waals surface area (Å²) in [7, 11) is 1.63. The Morgan fingerprint density at radius 1 is 1.44 bits per heavy atom. The van der Waals surface area contributed by atoms with Crippen LogP contribution in [-0.2, 0) is 11.0 Å². The summed E-state index contributed by atoms with van der Waals surface area (Å²) in [5, 5.41) is 10.0. The highest BCUT2D eigenvalue weighted by atomic mass is 32.2. The van der Waals surface area contributed by atoms with Crippen LogP contribution in [0.2, 0.25) is 0 Å². The molecule has 0 N–H and O–H groups in total. The van der Waals surface area contributed by atoms with Crippen LogP contribution < -0.4 is 9.61 Å². The van der Waals surface area contributed by atoms with Gasteiger partial charge in [-0.3, -0.25) is 4.31 Å². The van der Waals surface area contributed by atoms with Crippen LogP contribution in [0.25, 0.3) is 0 Å². The lowest BCUT2D eigenvalue weighted by Gasteiger charge is -2.29. The van der Waals surface area contributed by atoms with E-state index in [9.17, 15) is 4.21 Å². The molecule has 1 aromatic rings. The van der Waals surface area contributed by atoms with Gasteiger partial charge in [0, 0.05) is 12.3 Å².